The summed E-state index contributed by atoms with van der Waals surface area (Å²) in [6.45, 7) is 5.44. The minimum atomic E-state index is -0.374. The van der Waals surface area contributed by atoms with Crippen LogP contribution in [0.4, 0.5) is 0 Å². The number of likely N-dealkylation sites (tertiary alicyclic amines) is 1. The molecule has 0 spiro atoms. The molecule has 0 saturated carbocycles. The van der Waals surface area contributed by atoms with E-state index < -0.39 is 0 Å². The Kier molecular flexibility index (Phi) is 4.88. The second-order valence-electron chi connectivity index (χ2n) is 7.04. The van der Waals surface area contributed by atoms with Gasteiger partial charge in [-0.15, -0.1) is 0 Å². The lowest BCUT2D eigenvalue weighted by Crippen LogP contribution is -2.49. The molecule has 1 aromatic heterocycles. The van der Waals surface area contributed by atoms with Crippen molar-refractivity contribution in [2.24, 2.45) is 0 Å². The Bertz CT molecular complexity index is 757. The van der Waals surface area contributed by atoms with Gasteiger partial charge < -0.3 is 10.2 Å². The molecule has 0 aliphatic carbocycles. The topological polar surface area (TPSA) is 67.2 Å². The number of amides is 2. The highest BCUT2D eigenvalue weighted by Crippen LogP contribution is 2.21. The SMILES string of the molecule is Cc1cccc(CC(=O)NC2(C)CCN(C(=O)Cn3cccn3)C2)c1. The Labute approximate surface area is 147 Å². The molecule has 6 nitrogen and oxygen atoms in total. The molecule has 2 heterocycles. The third-order valence-corrected chi connectivity index (χ3v) is 4.57. The van der Waals surface area contributed by atoms with Crippen LogP contribution in [-0.2, 0) is 22.6 Å². The molecule has 0 radical (unpaired) electrons. The van der Waals surface area contributed by atoms with Gasteiger partial charge in [-0.1, -0.05) is 29.8 Å². The molecule has 1 unspecified atom stereocenters. The first-order chi connectivity index (χ1) is 11.9. The van der Waals surface area contributed by atoms with Crippen LogP contribution in [0.25, 0.3) is 0 Å². The van der Waals surface area contributed by atoms with Gasteiger partial charge in [0.05, 0.1) is 12.0 Å². The molecular weight excluding hydrogens is 316 g/mol. The van der Waals surface area contributed by atoms with Crippen LogP contribution in [0.5, 0.6) is 0 Å². The van der Waals surface area contributed by atoms with Crippen LogP contribution in [0.3, 0.4) is 0 Å². The first kappa shape index (κ1) is 17.2. The first-order valence-corrected chi connectivity index (χ1v) is 8.55. The maximum absolute atomic E-state index is 12.4. The maximum Gasteiger partial charge on any atom is 0.244 e. The summed E-state index contributed by atoms with van der Waals surface area (Å²) in [5, 5.41) is 7.18. The molecule has 1 aromatic carbocycles. The maximum atomic E-state index is 12.4. The van der Waals surface area contributed by atoms with Crippen molar-refractivity contribution in [3.63, 3.8) is 0 Å². The Balaban J connectivity index is 1.54. The number of carbonyl (C=O) groups excluding carboxylic acids is 2. The van der Waals surface area contributed by atoms with E-state index in [0.717, 1.165) is 17.5 Å². The van der Waals surface area contributed by atoms with Gasteiger partial charge in [-0.25, -0.2) is 0 Å². The van der Waals surface area contributed by atoms with Crippen LogP contribution < -0.4 is 5.32 Å². The smallest absolute Gasteiger partial charge is 0.244 e. The Morgan fingerprint density at radius 1 is 1.32 bits per heavy atom. The van der Waals surface area contributed by atoms with E-state index in [0.29, 0.717) is 19.5 Å². The van der Waals surface area contributed by atoms with Crippen LogP contribution in [0, 0.1) is 6.92 Å². The zero-order valence-corrected chi connectivity index (χ0v) is 14.7. The third-order valence-electron chi connectivity index (χ3n) is 4.57. The van der Waals surface area contributed by atoms with Crippen molar-refractivity contribution in [2.45, 2.75) is 38.8 Å². The van der Waals surface area contributed by atoms with E-state index in [-0.39, 0.29) is 23.9 Å². The molecule has 1 atom stereocenters. The number of hydrogen-bond donors (Lipinski definition) is 1. The van der Waals surface area contributed by atoms with Crippen LogP contribution in [-0.4, -0.2) is 45.1 Å². The number of nitrogens with one attached hydrogen (secondary N) is 1. The van der Waals surface area contributed by atoms with Gasteiger partial charge in [0.15, 0.2) is 0 Å². The molecule has 1 aliphatic heterocycles. The van der Waals surface area contributed by atoms with Crippen molar-refractivity contribution in [3.05, 3.63) is 53.9 Å². The fourth-order valence-electron chi connectivity index (χ4n) is 3.30. The molecule has 6 heteroatoms. The van der Waals surface area contributed by atoms with Gasteiger partial charge in [0.2, 0.25) is 11.8 Å². The zero-order chi connectivity index (χ0) is 17.9. The molecule has 25 heavy (non-hydrogen) atoms. The fraction of sp³-hybridized carbons (Fsp3) is 0.421. The summed E-state index contributed by atoms with van der Waals surface area (Å²) in [7, 11) is 0. The number of nitrogens with zero attached hydrogens (tertiary/aromatic N) is 3. The summed E-state index contributed by atoms with van der Waals surface area (Å²) in [6.07, 6.45) is 4.56. The first-order valence-electron chi connectivity index (χ1n) is 8.55. The van der Waals surface area contributed by atoms with E-state index >= 15 is 0 Å². The summed E-state index contributed by atoms with van der Waals surface area (Å²) in [4.78, 5) is 26.6. The lowest BCUT2D eigenvalue weighted by molar-refractivity contribution is -0.131. The molecule has 0 bridgehead atoms. The van der Waals surface area contributed by atoms with Crippen molar-refractivity contribution >= 4 is 11.8 Å². The normalized spacial score (nSPS) is 19.8. The van der Waals surface area contributed by atoms with E-state index in [1.54, 1.807) is 28.0 Å². The predicted molar refractivity (Wildman–Crippen MR) is 94.9 cm³/mol. The molecule has 1 aliphatic rings. The van der Waals surface area contributed by atoms with Crippen molar-refractivity contribution in [2.75, 3.05) is 13.1 Å². The van der Waals surface area contributed by atoms with Gasteiger partial charge in [-0.05, 0) is 31.9 Å². The number of benzene rings is 1. The summed E-state index contributed by atoms with van der Waals surface area (Å²) in [5.74, 6) is 0.0230. The average Bonchev–Trinajstić information content (AvgIpc) is 3.17. The summed E-state index contributed by atoms with van der Waals surface area (Å²) in [6, 6.07) is 9.76. The van der Waals surface area contributed by atoms with E-state index in [1.807, 2.05) is 38.1 Å². The van der Waals surface area contributed by atoms with Crippen molar-refractivity contribution in [1.29, 1.82) is 0 Å². The highest BCUT2D eigenvalue weighted by Gasteiger charge is 2.37. The Morgan fingerprint density at radius 2 is 2.16 bits per heavy atom. The lowest BCUT2D eigenvalue weighted by Gasteiger charge is -2.26. The predicted octanol–water partition coefficient (Wildman–Crippen LogP) is 1.54. The molecule has 1 N–H and O–H groups in total. The Hall–Kier alpha value is -2.63. The van der Waals surface area contributed by atoms with Crippen LogP contribution in [0.15, 0.2) is 42.7 Å². The average molecular weight is 340 g/mol. The molecule has 3 rings (SSSR count). The second kappa shape index (κ2) is 7.09. The quantitative estimate of drug-likeness (QED) is 0.898. The van der Waals surface area contributed by atoms with Crippen LogP contribution >= 0.6 is 0 Å². The number of carbonyl (C=O) groups is 2. The van der Waals surface area contributed by atoms with E-state index in [1.165, 1.54) is 0 Å². The minimum absolute atomic E-state index is 0.00512. The minimum Gasteiger partial charge on any atom is -0.349 e. The second-order valence-corrected chi connectivity index (χ2v) is 7.04. The van der Waals surface area contributed by atoms with Gasteiger partial charge in [-0.2, -0.15) is 5.10 Å². The highest BCUT2D eigenvalue weighted by atomic mass is 16.2. The van der Waals surface area contributed by atoms with Crippen LogP contribution in [0.2, 0.25) is 0 Å². The van der Waals surface area contributed by atoms with E-state index in [2.05, 4.69) is 10.4 Å². The van der Waals surface area contributed by atoms with Crippen molar-refractivity contribution in [3.8, 4) is 0 Å². The number of hydrogen-bond acceptors (Lipinski definition) is 3. The Morgan fingerprint density at radius 3 is 2.88 bits per heavy atom. The van der Waals surface area contributed by atoms with Crippen LogP contribution in [0.1, 0.15) is 24.5 Å². The molecular formula is C19H24N4O2. The molecule has 1 saturated heterocycles. The lowest BCUT2D eigenvalue weighted by atomic mass is 10.0. The monoisotopic (exact) mass is 340 g/mol. The summed E-state index contributed by atoms with van der Waals surface area (Å²) >= 11 is 0. The van der Waals surface area contributed by atoms with Gasteiger partial charge in [-0.3, -0.25) is 14.3 Å². The van der Waals surface area contributed by atoms with E-state index in [9.17, 15) is 9.59 Å². The standard InChI is InChI=1S/C19H24N4O2/c1-15-5-3-6-16(11-15)12-17(24)21-19(2)7-10-22(14-19)18(25)13-23-9-4-8-20-23/h3-6,8-9,11H,7,10,12-14H2,1-2H3,(H,21,24). The highest BCUT2D eigenvalue weighted by molar-refractivity contribution is 5.80. The number of aromatic nitrogens is 2. The van der Waals surface area contributed by atoms with Crippen molar-refractivity contribution in [1.82, 2.24) is 20.0 Å². The van der Waals surface area contributed by atoms with Gasteiger partial charge >= 0.3 is 0 Å². The molecule has 2 aromatic rings. The van der Waals surface area contributed by atoms with E-state index in [4.69, 9.17) is 0 Å². The fourth-order valence-corrected chi connectivity index (χ4v) is 3.30. The van der Waals surface area contributed by atoms with Gasteiger partial charge in [0, 0.05) is 25.5 Å². The summed E-state index contributed by atoms with van der Waals surface area (Å²) < 4.78 is 1.62. The number of aryl methyl sites for hydroxylation is 1. The summed E-state index contributed by atoms with van der Waals surface area (Å²) in [5.41, 5.74) is 1.78. The molecule has 1 fully saturated rings. The molecule has 2 amide bonds. The molecule has 132 valence electrons. The third kappa shape index (κ3) is 4.47. The van der Waals surface area contributed by atoms with Gasteiger partial charge in [0.1, 0.15) is 6.54 Å². The van der Waals surface area contributed by atoms with Gasteiger partial charge in [0.25, 0.3) is 0 Å². The largest absolute Gasteiger partial charge is 0.349 e. The zero-order valence-electron chi connectivity index (χ0n) is 14.7. The van der Waals surface area contributed by atoms with Crippen molar-refractivity contribution < 1.29 is 9.59 Å². The number of rotatable bonds is 5.